The molecule has 8 N–H and O–H groups in total. The summed E-state index contributed by atoms with van der Waals surface area (Å²) >= 11 is 0. The van der Waals surface area contributed by atoms with Crippen molar-refractivity contribution in [2.45, 2.75) is 126 Å². The SMILES string of the molecule is CCOc1cc(COc2ccc(-c3c4nc(c(-c5cccc(O[C@@H]6O[C@H](CO)[C@H](O)[C@H](O)[C@H]6O)c5)c5ccc([n-]5)c(-c5ccc(OCc6cccc(OCC78[B][B][B][B][B][B][B][B][B]C7[B]8)c6)cc5)c5nc(c(-c6cccc(O[C@@H]7O[C@H](CO)[C@H](O)[C@H](O)[C@H]7O)c6)c6ccc3[n-]6)C=C5)C=C4)cc2)cc(OCC23[B][B][B][B][B][B][B][B][B]C2[B]3)c1.COCC12[B][B][B][B][B][B][B][B][B]C1[B]2.[B]1[B][B][B][B]C2[B]C2[B][B][B][B]1.[Cu+2]. The van der Waals surface area contributed by atoms with Crippen LogP contribution in [0.4, 0.5) is 0 Å². The standard InChI is InChI=1S/C78H68B20N4O17.C4H6B10O.C2H2B10.Cu/c1-2-111-51-29-41(30-52(33-51)115-39-78-76(80-78)82-86-90-94-98-96-92-88-84-78)37-113-47-18-14-43(15-19-47)64-55-22-26-59(101-55)65(44-7-4-10-49(31-44)116-73-71(109)69(107)67(105)61(34-103)118-73)57-24-20-53(99-57)63(42-12-16-46(17-13-42)112-36-40-6-3-9-48(28-40)114-38-77-75(79-77)81-85-89-93-97-95-91-87-83-77)54-21-25-58(100-54)66(60-27-23-56(64)102-60)45-8-5-11-50(32-45)117-74-72(110)70(108)68(106)62(35-104)119-74;1-15-2-4-3(5-4)6-8-10-12-14-13-11-9-7-4;3-1-2(3)5-7-9-11-12-10-8-6-4-1;/h3-33,61-62,67-76,103-110H,2,34-39H2,1H3;3H,2H2,1H3;1-2H;/q-2;;;+2/t61-,62-,67+,68+,69+,70+,71-,72-,73-,74-,75?,76?,77?,78?;;;/m1.../s1. The van der Waals surface area contributed by atoms with Crippen LogP contribution in [0.15, 0.2) is 164 Å². The molecule has 9 aromatic rings. The van der Waals surface area contributed by atoms with Gasteiger partial charge in [0.05, 0.1) is 84.6 Å². The number of benzene rings is 6. The molecule has 147 heavy (non-hydrogen) atoms. The van der Waals surface area contributed by atoms with Crippen LogP contribution in [0, 0.1) is 0 Å². The van der Waals surface area contributed by atoms with Gasteiger partial charge >= 0.3 is 17.1 Å². The molecule has 41 radical (unpaired) electrons. The van der Waals surface area contributed by atoms with E-state index in [2.05, 4.69) is 171 Å². The molecular formula is C84H76B40CuN4O18. The number of nitrogens with zero attached hydrogens (tertiary/aromatic N) is 4. The molecule has 18 atom stereocenters. The minimum Gasteiger partial charge on any atom is -0.657 e. The molecule has 21 rings (SSSR count). The summed E-state index contributed by atoms with van der Waals surface area (Å²) in [4.78, 5) is 22.0. The van der Waals surface area contributed by atoms with Crippen molar-refractivity contribution < 1.29 is 105 Å². The molecule has 0 spiro atoms. The minimum absolute atomic E-state index is 0. The number of hydrogen-bond donors (Lipinski definition) is 8. The molecule has 0 saturated carbocycles. The first-order valence-electron chi connectivity index (χ1n) is 49.3. The molecule has 12 aliphatic heterocycles. The van der Waals surface area contributed by atoms with E-state index >= 15 is 0 Å². The Morgan fingerprint density at radius 3 is 1.07 bits per heavy atom. The number of aliphatic hydroxyl groups excluding tert-OH is 8. The van der Waals surface area contributed by atoms with Gasteiger partial charge in [-0.25, -0.2) is 9.97 Å². The maximum absolute atomic E-state index is 11.2. The second-order valence-electron chi connectivity index (χ2n) is 37.2. The zero-order valence-electron chi connectivity index (χ0n) is 81.1. The van der Waals surface area contributed by atoms with Crippen LogP contribution < -0.4 is 43.1 Å². The van der Waals surface area contributed by atoms with Gasteiger partial charge in [-0.1, -0.05) is 101 Å². The normalized spacial score (nSPS) is 26.1. The van der Waals surface area contributed by atoms with Gasteiger partial charge in [-0.15, -0.1) is 50.6 Å². The average Bonchev–Trinajstić information content (AvgIpc) is 1.41. The van der Waals surface area contributed by atoms with Gasteiger partial charge in [0.25, 0.3) is 0 Å². The summed E-state index contributed by atoms with van der Waals surface area (Å²) in [5.41, 5.74) is 13.3. The number of methoxy groups -OCH3 is 1. The first-order valence-corrected chi connectivity index (χ1v) is 49.3. The zero-order valence-corrected chi connectivity index (χ0v) is 82.0. The molecule has 0 amide bonds. The minimum atomic E-state index is -1.69. The van der Waals surface area contributed by atoms with Gasteiger partial charge in [-0.05, 0) is 160 Å². The monoisotopic (exact) mass is 1930 g/mol. The number of fused-ring (bicyclic) bond motifs is 12. The fourth-order valence-electron chi connectivity index (χ4n) is 18.7. The number of aromatic nitrogens is 4. The Labute approximate surface area is 903 Å². The van der Waals surface area contributed by atoms with Crippen LogP contribution in [-0.4, -0.2) is 443 Å². The van der Waals surface area contributed by atoms with Crippen molar-refractivity contribution >= 4 is 331 Å². The summed E-state index contributed by atoms with van der Waals surface area (Å²) in [6.45, 7) is 3.19. The molecule has 6 aromatic carbocycles. The van der Waals surface area contributed by atoms with E-state index in [0.717, 1.165) is 34.6 Å². The largest absolute Gasteiger partial charge is 2.00 e. The summed E-state index contributed by atoms with van der Waals surface area (Å²) in [7, 11) is 85.9. The molecule has 8 bridgehead atoms. The number of ether oxygens (including phenoxy) is 10. The molecule has 15 heterocycles. The Kier molecular flexibility index (Phi) is 39.6. The van der Waals surface area contributed by atoms with Gasteiger partial charge in [0.1, 0.15) is 124 Å². The van der Waals surface area contributed by atoms with Crippen LogP contribution in [0.5, 0.6) is 40.2 Å². The summed E-state index contributed by atoms with van der Waals surface area (Å²) in [6.07, 6.45) is -7.71. The van der Waals surface area contributed by atoms with E-state index in [4.69, 9.17) is 67.3 Å². The maximum atomic E-state index is 11.2. The number of rotatable bonds is 26. The summed E-state index contributed by atoms with van der Waals surface area (Å²) in [6, 6.07) is 50.9. The summed E-state index contributed by atoms with van der Waals surface area (Å²) in [5.74, 6) is 3.64. The number of aliphatic hydroxyl groups is 8. The van der Waals surface area contributed by atoms with Crippen molar-refractivity contribution in [1.82, 2.24) is 19.9 Å². The van der Waals surface area contributed by atoms with E-state index in [9.17, 15) is 40.9 Å². The molecule has 8 unspecified atom stereocenters. The predicted molar refractivity (Wildman–Crippen MR) is 620 cm³/mol. The van der Waals surface area contributed by atoms with Crippen LogP contribution in [0.25, 0.3) is 90.9 Å². The van der Waals surface area contributed by atoms with Gasteiger partial charge in [-0.2, -0.15) is 0 Å². The first-order chi connectivity index (χ1) is 71.5. The van der Waals surface area contributed by atoms with Crippen LogP contribution in [0.2, 0.25) is 44.2 Å². The second-order valence-corrected chi connectivity index (χ2v) is 37.2. The molecule has 10 fully saturated rings. The molecular weight excluding hydrogens is 1850 g/mol. The Morgan fingerprint density at radius 2 is 0.673 bits per heavy atom. The molecule has 63 heteroatoms. The average molecular weight is 1930 g/mol. The van der Waals surface area contributed by atoms with Gasteiger partial charge in [0.2, 0.25) is 12.6 Å². The molecule has 22 nitrogen and oxygen atoms in total. The number of hydrogen-bond acceptors (Lipinski definition) is 20. The van der Waals surface area contributed by atoms with Gasteiger partial charge in [-0.3, -0.25) is 0 Å². The summed E-state index contributed by atoms with van der Waals surface area (Å²) < 4.78 is 61.7. The predicted octanol–water partition coefficient (Wildman–Crippen LogP) is -4.49. The smallest absolute Gasteiger partial charge is 0.657 e. The van der Waals surface area contributed by atoms with Crippen molar-refractivity contribution in [3.8, 4) is 84.8 Å². The van der Waals surface area contributed by atoms with E-state index in [1.165, 1.54) is 0 Å². The molecule has 3 aromatic heterocycles. The van der Waals surface area contributed by atoms with Crippen molar-refractivity contribution in [3.05, 3.63) is 198 Å². The van der Waals surface area contributed by atoms with E-state index < -0.39 is 74.6 Å². The second kappa shape index (κ2) is 52.9. The Balaban J connectivity index is 0.000000435. The van der Waals surface area contributed by atoms with Crippen LogP contribution in [0.1, 0.15) is 40.8 Å². The van der Waals surface area contributed by atoms with Crippen molar-refractivity contribution in [2.75, 3.05) is 46.8 Å². The van der Waals surface area contributed by atoms with Crippen molar-refractivity contribution in [1.29, 1.82) is 0 Å². The van der Waals surface area contributed by atoms with E-state index in [1.807, 2.05) is 272 Å². The first kappa shape index (κ1) is 110. The quantitative estimate of drug-likeness (QED) is 0.0237. The van der Waals surface area contributed by atoms with Crippen LogP contribution >= 0.6 is 0 Å². The van der Waals surface area contributed by atoms with Crippen molar-refractivity contribution in [3.63, 3.8) is 0 Å². The van der Waals surface area contributed by atoms with E-state index in [0.29, 0.717) is 138 Å². The maximum Gasteiger partial charge on any atom is 2.00 e. The van der Waals surface area contributed by atoms with Gasteiger partial charge in [0, 0.05) is 253 Å². The van der Waals surface area contributed by atoms with E-state index in [1.54, 1.807) is 43.5 Å². The Hall–Kier alpha value is -6.80. The van der Waals surface area contributed by atoms with Crippen LogP contribution in [0.3, 0.4) is 0 Å². The molecule has 671 valence electrons. The third-order valence-electron chi connectivity index (χ3n) is 26.9. The third kappa shape index (κ3) is 28.3. The van der Waals surface area contributed by atoms with Crippen LogP contribution in [-0.2, 0) is 44.5 Å². The Morgan fingerprint density at radius 1 is 0.327 bits per heavy atom. The van der Waals surface area contributed by atoms with Gasteiger partial charge in [0.15, 0.2) is 0 Å². The van der Waals surface area contributed by atoms with Crippen molar-refractivity contribution in [2.24, 2.45) is 0 Å². The summed E-state index contributed by atoms with van der Waals surface area (Å²) in [5, 5.41) is 85.4. The van der Waals surface area contributed by atoms with Gasteiger partial charge < -0.3 is 98.2 Å². The topological polar surface area (TPSA) is 308 Å². The molecule has 0 aliphatic carbocycles. The molecule has 10 saturated heterocycles. The fraction of sp³-hybridized carbons (Fsp3) is 0.333. The fourth-order valence-corrected chi connectivity index (χ4v) is 18.7. The Bertz CT molecular complexity index is 6020. The van der Waals surface area contributed by atoms with E-state index in [-0.39, 0.29) is 68.9 Å². The zero-order chi connectivity index (χ0) is 100. The third-order valence-corrected chi connectivity index (χ3v) is 26.9. The molecule has 12 aliphatic rings.